The van der Waals surface area contributed by atoms with Crippen LogP contribution < -0.4 is 16.3 Å². The van der Waals surface area contributed by atoms with Gasteiger partial charge < -0.3 is 19.4 Å². The molecular formula is C22H14BrN5O8. The second-order valence-electron chi connectivity index (χ2n) is 7.28. The van der Waals surface area contributed by atoms with Crippen LogP contribution in [0.4, 0.5) is 16.2 Å². The Kier molecular flexibility index (Phi) is 6.60. The highest BCUT2D eigenvalue weighted by molar-refractivity contribution is 9.10. The van der Waals surface area contributed by atoms with Gasteiger partial charge in [-0.05, 0) is 30.3 Å². The first kappa shape index (κ1) is 24.3. The molecule has 0 spiro atoms. The summed E-state index contributed by atoms with van der Waals surface area (Å²) >= 11 is 3.28. The van der Waals surface area contributed by atoms with Crippen LogP contribution in [0.25, 0.3) is 16.7 Å². The van der Waals surface area contributed by atoms with Crippen molar-refractivity contribution in [3.05, 3.63) is 101 Å². The maximum Gasteiger partial charge on any atom is 0.411 e. The number of ether oxygens (including phenoxy) is 1. The van der Waals surface area contributed by atoms with Gasteiger partial charge >= 0.3 is 12.1 Å². The third kappa shape index (κ3) is 5.12. The first-order valence-electron chi connectivity index (χ1n) is 9.99. The van der Waals surface area contributed by atoms with Crippen molar-refractivity contribution in [3.8, 4) is 5.69 Å². The Balaban J connectivity index is 1.67. The van der Waals surface area contributed by atoms with Gasteiger partial charge in [0.15, 0.2) is 5.43 Å². The number of pyridine rings is 1. The zero-order chi connectivity index (χ0) is 26.0. The number of nitro benzene ring substituents is 1. The van der Waals surface area contributed by atoms with Crippen LogP contribution in [0.15, 0.2) is 68.9 Å². The van der Waals surface area contributed by atoms with Crippen molar-refractivity contribution in [1.29, 1.82) is 0 Å². The van der Waals surface area contributed by atoms with E-state index in [1.165, 1.54) is 23.0 Å². The summed E-state index contributed by atoms with van der Waals surface area (Å²) in [6.07, 6.45) is 1.68. The molecule has 0 aliphatic rings. The second-order valence-corrected chi connectivity index (χ2v) is 8.20. The number of nitro groups is 1. The molecular weight excluding hydrogens is 542 g/mol. The molecule has 1 amide bonds. The van der Waals surface area contributed by atoms with Gasteiger partial charge in [0.25, 0.3) is 11.2 Å². The summed E-state index contributed by atoms with van der Waals surface area (Å²) in [5.41, 5.74) is -2.40. The number of hydrogen-bond acceptors (Lipinski definition) is 8. The quantitative estimate of drug-likeness (QED) is 0.237. The van der Waals surface area contributed by atoms with Gasteiger partial charge in [0, 0.05) is 34.7 Å². The lowest BCUT2D eigenvalue weighted by Gasteiger charge is -2.11. The Morgan fingerprint density at radius 2 is 1.92 bits per heavy atom. The van der Waals surface area contributed by atoms with Crippen molar-refractivity contribution in [3.63, 3.8) is 0 Å². The van der Waals surface area contributed by atoms with Crippen LogP contribution >= 0.6 is 15.9 Å². The normalized spacial score (nSPS) is 10.7. The van der Waals surface area contributed by atoms with E-state index in [1.807, 2.05) is 0 Å². The lowest BCUT2D eigenvalue weighted by atomic mass is 10.2. The van der Waals surface area contributed by atoms with E-state index in [1.54, 1.807) is 24.3 Å². The number of aromatic carboxylic acids is 1. The number of carbonyl (C=O) groups is 2. The minimum atomic E-state index is -1.57. The molecule has 0 fully saturated rings. The van der Waals surface area contributed by atoms with Gasteiger partial charge in [-0.1, -0.05) is 15.9 Å². The average molecular weight is 556 g/mol. The molecule has 0 atom stereocenters. The van der Waals surface area contributed by atoms with Gasteiger partial charge in [-0.2, -0.15) is 0 Å². The van der Waals surface area contributed by atoms with Gasteiger partial charge in [-0.25, -0.2) is 14.6 Å². The number of H-pyrrole nitrogens is 1. The standard InChI is InChI=1S/C22H14BrN5O8/c23-12-1-3-13(4-2-12)24-22(33)36-10-11-9-27(6-5-18(11)29)16-7-14-15(8-17(16)28(34)35)26-20(30)19(25-14)21(31)32/h1-9H,10H2,(H,24,33)(H,26,30)(H,31,32). The number of carbonyl (C=O) groups excluding carboxylic acids is 1. The van der Waals surface area contributed by atoms with Gasteiger partial charge in [-0.3, -0.25) is 25.0 Å². The predicted molar refractivity (Wildman–Crippen MR) is 130 cm³/mol. The fraction of sp³-hybridized carbons (Fsp3) is 0.0455. The van der Waals surface area contributed by atoms with E-state index in [2.05, 4.69) is 31.2 Å². The molecule has 0 unspecified atom stereocenters. The second kappa shape index (κ2) is 9.79. The van der Waals surface area contributed by atoms with E-state index >= 15 is 0 Å². The van der Waals surface area contributed by atoms with E-state index in [9.17, 15) is 29.3 Å². The number of aromatic amines is 1. The van der Waals surface area contributed by atoms with Crippen molar-refractivity contribution in [2.45, 2.75) is 6.61 Å². The molecule has 36 heavy (non-hydrogen) atoms. The molecule has 0 bridgehead atoms. The molecule has 182 valence electrons. The third-order valence-electron chi connectivity index (χ3n) is 4.91. The summed E-state index contributed by atoms with van der Waals surface area (Å²) in [6, 6.07) is 10.1. The zero-order valence-corrected chi connectivity index (χ0v) is 19.5. The molecule has 14 heteroatoms. The smallest absolute Gasteiger partial charge is 0.411 e. The highest BCUT2D eigenvalue weighted by atomic mass is 79.9. The summed E-state index contributed by atoms with van der Waals surface area (Å²) in [4.78, 5) is 64.6. The van der Waals surface area contributed by atoms with Crippen LogP contribution in [0.1, 0.15) is 16.1 Å². The van der Waals surface area contributed by atoms with Crippen LogP contribution in [0.2, 0.25) is 0 Å². The van der Waals surface area contributed by atoms with Gasteiger partial charge in [0.2, 0.25) is 5.69 Å². The number of rotatable bonds is 6. The summed E-state index contributed by atoms with van der Waals surface area (Å²) in [5, 5.41) is 23.4. The molecule has 2 aromatic carbocycles. The van der Waals surface area contributed by atoms with Gasteiger partial charge in [0.05, 0.1) is 21.5 Å². The Morgan fingerprint density at radius 3 is 2.58 bits per heavy atom. The molecule has 2 heterocycles. The highest BCUT2D eigenvalue weighted by Crippen LogP contribution is 2.27. The van der Waals surface area contributed by atoms with E-state index < -0.39 is 46.0 Å². The summed E-state index contributed by atoms with van der Waals surface area (Å²) in [5.74, 6) is -1.57. The van der Waals surface area contributed by atoms with Crippen molar-refractivity contribution < 1.29 is 24.4 Å². The summed E-state index contributed by atoms with van der Waals surface area (Å²) in [6.45, 7) is -0.432. The number of anilines is 1. The number of carboxylic acid groups (broad SMARTS) is 1. The minimum Gasteiger partial charge on any atom is -0.476 e. The molecule has 13 nitrogen and oxygen atoms in total. The van der Waals surface area contributed by atoms with Crippen molar-refractivity contribution in [2.75, 3.05) is 5.32 Å². The molecule has 0 aliphatic carbocycles. The molecule has 0 saturated carbocycles. The molecule has 2 aromatic heterocycles. The molecule has 4 aromatic rings. The van der Waals surface area contributed by atoms with Gasteiger partial charge in [-0.15, -0.1) is 0 Å². The lowest BCUT2D eigenvalue weighted by Crippen LogP contribution is -2.20. The van der Waals surface area contributed by atoms with Crippen LogP contribution in [0.3, 0.4) is 0 Å². The van der Waals surface area contributed by atoms with Crippen LogP contribution in [0.5, 0.6) is 0 Å². The highest BCUT2D eigenvalue weighted by Gasteiger charge is 2.20. The Labute approximate surface area is 208 Å². The van der Waals surface area contributed by atoms with E-state index in [0.29, 0.717) is 5.69 Å². The number of benzene rings is 2. The van der Waals surface area contributed by atoms with Crippen LogP contribution in [-0.2, 0) is 11.3 Å². The van der Waals surface area contributed by atoms with Crippen molar-refractivity contribution >= 4 is 50.4 Å². The molecule has 3 N–H and O–H groups in total. The van der Waals surface area contributed by atoms with Crippen LogP contribution in [-0.4, -0.2) is 36.6 Å². The predicted octanol–water partition coefficient (Wildman–Crippen LogP) is 3.19. The van der Waals surface area contributed by atoms with Crippen LogP contribution in [0, 0.1) is 10.1 Å². The number of aromatic nitrogens is 3. The fourth-order valence-electron chi connectivity index (χ4n) is 3.23. The van der Waals surface area contributed by atoms with E-state index in [-0.39, 0.29) is 22.3 Å². The number of hydrogen-bond donors (Lipinski definition) is 3. The largest absolute Gasteiger partial charge is 0.476 e. The minimum absolute atomic E-state index is 0.0125. The Bertz CT molecular complexity index is 1650. The Hall–Kier alpha value is -4.85. The number of amides is 1. The fourth-order valence-corrected chi connectivity index (χ4v) is 3.49. The maximum absolute atomic E-state index is 12.3. The monoisotopic (exact) mass is 555 g/mol. The van der Waals surface area contributed by atoms with E-state index in [0.717, 1.165) is 16.6 Å². The first-order chi connectivity index (χ1) is 17.1. The number of fused-ring (bicyclic) bond motifs is 1. The topological polar surface area (TPSA) is 187 Å². The Morgan fingerprint density at radius 1 is 1.19 bits per heavy atom. The zero-order valence-electron chi connectivity index (χ0n) is 17.9. The summed E-state index contributed by atoms with van der Waals surface area (Å²) in [7, 11) is 0. The molecule has 4 rings (SSSR count). The van der Waals surface area contributed by atoms with Crippen molar-refractivity contribution in [2.24, 2.45) is 0 Å². The molecule has 0 saturated heterocycles. The number of nitrogens with zero attached hydrogens (tertiary/aromatic N) is 3. The lowest BCUT2D eigenvalue weighted by molar-refractivity contribution is -0.384. The van der Waals surface area contributed by atoms with Gasteiger partial charge in [0.1, 0.15) is 12.3 Å². The number of halogens is 1. The number of carboxylic acids is 1. The SMILES string of the molecule is O=C(Nc1ccc(Br)cc1)OCc1cn(-c2cc3nc(C(=O)O)c(=O)[nH]c3cc2[N+](=O)[O-])ccc1=O. The molecule has 0 radical (unpaired) electrons. The number of nitrogens with one attached hydrogen (secondary N) is 2. The van der Waals surface area contributed by atoms with E-state index in [4.69, 9.17) is 9.84 Å². The average Bonchev–Trinajstić information content (AvgIpc) is 2.83. The maximum atomic E-state index is 12.3. The third-order valence-corrected chi connectivity index (χ3v) is 5.44. The summed E-state index contributed by atoms with van der Waals surface area (Å²) < 4.78 is 7.16. The first-order valence-corrected chi connectivity index (χ1v) is 10.8. The molecule has 0 aliphatic heterocycles. The van der Waals surface area contributed by atoms with Crippen molar-refractivity contribution in [1.82, 2.24) is 14.5 Å².